The molecule has 0 amide bonds. The van der Waals surface area contributed by atoms with Crippen LogP contribution in [0.5, 0.6) is 0 Å². The molecular weight excluding hydrogens is 392 g/mol. The fourth-order valence-electron chi connectivity index (χ4n) is 3.16. The average Bonchev–Trinajstić information content (AvgIpc) is 3.09. The highest BCUT2D eigenvalue weighted by Gasteiger charge is 2.51. The van der Waals surface area contributed by atoms with Gasteiger partial charge in [0.1, 0.15) is 12.7 Å². The van der Waals surface area contributed by atoms with E-state index in [-0.39, 0.29) is 11.9 Å². The van der Waals surface area contributed by atoms with Crippen molar-refractivity contribution in [3.63, 3.8) is 0 Å². The van der Waals surface area contributed by atoms with Gasteiger partial charge in [0.05, 0.1) is 11.0 Å². The number of benzene rings is 1. The zero-order chi connectivity index (χ0) is 20.4. The predicted molar refractivity (Wildman–Crippen MR) is 96.4 cm³/mol. The summed E-state index contributed by atoms with van der Waals surface area (Å²) in [6.45, 7) is 3.51. The molecular formula is C18H19ClN2O7. The quantitative estimate of drug-likeness (QED) is 0.544. The summed E-state index contributed by atoms with van der Waals surface area (Å²) in [6, 6.07) is 7.16. The first-order chi connectivity index (χ1) is 13.3. The van der Waals surface area contributed by atoms with Gasteiger partial charge in [-0.05, 0) is 23.7 Å². The van der Waals surface area contributed by atoms with E-state index in [9.17, 15) is 14.4 Å². The zero-order valence-corrected chi connectivity index (χ0v) is 16.2. The average molecular weight is 411 g/mol. The fourth-order valence-corrected chi connectivity index (χ4v) is 3.44. The van der Waals surface area contributed by atoms with Crippen molar-refractivity contribution in [1.29, 1.82) is 0 Å². The number of nitrogens with zero attached hydrogens (tertiary/aromatic N) is 2. The maximum atomic E-state index is 11.7. The van der Waals surface area contributed by atoms with Crippen molar-refractivity contribution in [2.45, 2.75) is 45.3 Å². The van der Waals surface area contributed by atoms with Crippen molar-refractivity contribution >= 4 is 40.5 Å². The second-order valence-corrected chi connectivity index (χ2v) is 6.59. The molecule has 28 heavy (non-hydrogen) atoms. The summed E-state index contributed by atoms with van der Waals surface area (Å²) in [6.07, 6.45) is -3.81. The largest absolute Gasteiger partial charge is 0.463 e. The van der Waals surface area contributed by atoms with Crippen LogP contribution in [0.4, 0.5) is 0 Å². The summed E-state index contributed by atoms with van der Waals surface area (Å²) in [5.41, 5.74) is 1.26. The van der Waals surface area contributed by atoms with Gasteiger partial charge in [-0.25, -0.2) is 4.98 Å². The minimum absolute atomic E-state index is 0.109. The Bertz CT molecular complexity index is 912. The molecule has 0 spiro atoms. The summed E-state index contributed by atoms with van der Waals surface area (Å²) in [4.78, 5) is 38.8. The normalized spacial score (nSPS) is 24.1. The van der Waals surface area contributed by atoms with Gasteiger partial charge in [0.15, 0.2) is 18.4 Å². The molecule has 1 aliphatic heterocycles. The van der Waals surface area contributed by atoms with E-state index in [4.69, 9.17) is 30.5 Å². The van der Waals surface area contributed by atoms with Gasteiger partial charge in [0, 0.05) is 20.8 Å². The van der Waals surface area contributed by atoms with Gasteiger partial charge in [-0.1, -0.05) is 12.1 Å². The highest BCUT2D eigenvalue weighted by atomic mass is 35.5. The molecule has 1 aromatic heterocycles. The molecule has 9 nitrogen and oxygen atoms in total. The van der Waals surface area contributed by atoms with Crippen LogP contribution >= 0.6 is 11.6 Å². The van der Waals surface area contributed by atoms with E-state index >= 15 is 0 Å². The van der Waals surface area contributed by atoms with Crippen LogP contribution in [0.15, 0.2) is 24.3 Å². The Labute approximate surface area is 165 Å². The molecule has 150 valence electrons. The maximum absolute atomic E-state index is 11.7. The first-order valence-corrected chi connectivity index (χ1v) is 8.91. The van der Waals surface area contributed by atoms with E-state index in [0.29, 0.717) is 11.0 Å². The lowest BCUT2D eigenvalue weighted by atomic mass is 10.1. The van der Waals surface area contributed by atoms with Crippen molar-refractivity contribution in [3.05, 3.63) is 29.5 Å². The van der Waals surface area contributed by atoms with E-state index in [1.807, 2.05) is 0 Å². The van der Waals surface area contributed by atoms with Gasteiger partial charge in [-0.2, -0.15) is 0 Å². The first kappa shape index (κ1) is 20.1. The van der Waals surface area contributed by atoms with Gasteiger partial charge >= 0.3 is 17.9 Å². The SMILES string of the molecule is CC(=O)OC[C@H]1O[C@@H](n2c(Cl)nc3ccccc32)[C@H](OC(C)=O)[C@@H]1OC(C)=O. The van der Waals surface area contributed by atoms with E-state index in [1.54, 1.807) is 28.8 Å². The topological polar surface area (TPSA) is 106 Å². The van der Waals surface area contributed by atoms with E-state index in [2.05, 4.69) is 4.98 Å². The summed E-state index contributed by atoms with van der Waals surface area (Å²) in [5.74, 6) is -1.71. The molecule has 2 heterocycles. The Balaban J connectivity index is 2.03. The molecule has 0 aliphatic carbocycles. The minimum Gasteiger partial charge on any atom is -0.463 e. The lowest BCUT2D eigenvalue weighted by molar-refractivity contribution is -0.166. The molecule has 0 radical (unpaired) electrons. The van der Waals surface area contributed by atoms with Crippen molar-refractivity contribution in [3.8, 4) is 0 Å². The Kier molecular flexibility index (Phi) is 5.85. The maximum Gasteiger partial charge on any atom is 0.303 e. The number of hydrogen-bond donors (Lipinski definition) is 0. The molecule has 3 rings (SSSR count). The van der Waals surface area contributed by atoms with Crippen LogP contribution in [-0.2, 0) is 33.3 Å². The second kappa shape index (κ2) is 8.15. The van der Waals surface area contributed by atoms with Crippen LogP contribution in [0.3, 0.4) is 0 Å². The molecule has 10 heteroatoms. The highest BCUT2D eigenvalue weighted by Crippen LogP contribution is 2.38. The molecule has 4 atom stereocenters. The molecule has 1 saturated heterocycles. The molecule has 0 N–H and O–H groups in total. The van der Waals surface area contributed by atoms with Crippen LogP contribution in [0, 0.1) is 0 Å². The molecule has 0 bridgehead atoms. The van der Waals surface area contributed by atoms with Crippen molar-refractivity contribution < 1.29 is 33.3 Å². The number of esters is 3. The molecule has 0 saturated carbocycles. The van der Waals surface area contributed by atoms with Crippen LogP contribution in [-0.4, -0.2) is 52.4 Å². The Hall–Kier alpha value is -2.65. The molecule has 1 fully saturated rings. The van der Waals surface area contributed by atoms with Crippen LogP contribution in [0.2, 0.25) is 5.28 Å². The lowest BCUT2D eigenvalue weighted by Gasteiger charge is -2.24. The monoisotopic (exact) mass is 410 g/mol. The van der Waals surface area contributed by atoms with E-state index in [0.717, 1.165) is 0 Å². The Morgan fingerprint density at radius 2 is 1.71 bits per heavy atom. The molecule has 0 unspecified atom stereocenters. The third kappa shape index (κ3) is 4.10. The van der Waals surface area contributed by atoms with E-state index < -0.39 is 42.4 Å². The number of rotatable bonds is 5. The molecule has 1 aliphatic rings. The van der Waals surface area contributed by atoms with Crippen LogP contribution in [0.1, 0.15) is 27.0 Å². The molecule has 1 aromatic carbocycles. The number of imidazole rings is 1. The number of hydrogen-bond acceptors (Lipinski definition) is 8. The summed E-state index contributed by atoms with van der Waals surface area (Å²) < 4.78 is 23.3. The van der Waals surface area contributed by atoms with Crippen molar-refractivity contribution in [1.82, 2.24) is 9.55 Å². The minimum atomic E-state index is -1.02. The van der Waals surface area contributed by atoms with Gasteiger partial charge in [0.2, 0.25) is 5.28 Å². The number of carbonyl (C=O) groups is 3. The van der Waals surface area contributed by atoms with Crippen molar-refractivity contribution in [2.75, 3.05) is 6.61 Å². The Morgan fingerprint density at radius 1 is 1.07 bits per heavy atom. The number of para-hydroxylation sites is 2. The van der Waals surface area contributed by atoms with Gasteiger partial charge < -0.3 is 18.9 Å². The van der Waals surface area contributed by atoms with Crippen LogP contribution < -0.4 is 0 Å². The van der Waals surface area contributed by atoms with Gasteiger partial charge in [0.25, 0.3) is 0 Å². The van der Waals surface area contributed by atoms with Crippen molar-refractivity contribution in [2.24, 2.45) is 0 Å². The number of halogens is 1. The second-order valence-electron chi connectivity index (χ2n) is 6.26. The van der Waals surface area contributed by atoms with E-state index in [1.165, 1.54) is 20.8 Å². The predicted octanol–water partition coefficient (Wildman–Crippen LogP) is 2.01. The highest BCUT2D eigenvalue weighted by molar-refractivity contribution is 6.29. The smallest absolute Gasteiger partial charge is 0.303 e. The Morgan fingerprint density at radius 3 is 2.36 bits per heavy atom. The number of fused-ring (bicyclic) bond motifs is 1. The molecule has 2 aromatic rings. The zero-order valence-electron chi connectivity index (χ0n) is 15.5. The van der Waals surface area contributed by atoms with Gasteiger partial charge in [-0.15, -0.1) is 0 Å². The first-order valence-electron chi connectivity index (χ1n) is 8.53. The number of ether oxygens (including phenoxy) is 4. The summed E-state index contributed by atoms with van der Waals surface area (Å²) >= 11 is 6.32. The summed E-state index contributed by atoms with van der Waals surface area (Å²) in [7, 11) is 0. The standard InChI is InChI=1S/C18H19ClN2O7/c1-9(22)25-8-14-15(26-10(2)23)16(27-11(3)24)17(28-14)21-13-7-5-4-6-12(13)20-18(21)19/h4-7,14-17H,8H2,1-3H3/t14-,15-,16-,17-/m1/s1. The van der Waals surface area contributed by atoms with Crippen LogP contribution in [0.25, 0.3) is 11.0 Å². The van der Waals surface area contributed by atoms with Gasteiger partial charge in [-0.3, -0.25) is 19.0 Å². The number of aromatic nitrogens is 2. The number of carbonyl (C=O) groups excluding carboxylic acids is 3. The lowest BCUT2D eigenvalue weighted by Crippen LogP contribution is -2.40. The summed E-state index contributed by atoms with van der Waals surface area (Å²) in [5, 5.41) is 0.109. The third-order valence-electron chi connectivity index (χ3n) is 4.15. The third-order valence-corrected chi connectivity index (χ3v) is 4.41. The fraction of sp³-hybridized carbons (Fsp3) is 0.444.